The van der Waals surface area contributed by atoms with Crippen molar-refractivity contribution in [3.8, 4) is 0 Å². The van der Waals surface area contributed by atoms with E-state index in [1.165, 1.54) is 19.3 Å². The average Bonchev–Trinajstić information content (AvgIpc) is 2.61. The van der Waals surface area contributed by atoms with Crippen LogP contribution in [0.3, 0.4) is 0 Å². The number of hydrogen-bond acceptors (Lipinski definition) is 2. The summed E-state index contributed by atoms with van der Waals surface area (Å²) in [6.45, 7) is 2.96. The van der Waals surface area contributed by atoms with Crippen molar-refractivity contribution in [3.63, 3.8) is 0 Å². The van der Waals surface area contributed by atoms with Crippen LogP contribution in [-0.4, -0.2) is 17.7 Å². The minimum absolute atomic E-state index is 0.00324. The van der Waals surface area contributed by atoms with Gasteiger partial charge in [-0.15, -0.1) is 0 Å². The molecule has 2 aromatic rings. The molecule has 0 aromatic heterocycles. The molecule has 0 saturated carbocycles. The molecular weight excluding hydrogens is 300 g/mol. The van der Waals surface area contributed by atoms with Gasteiger partial charge in [0, 0.05) is 13.0 Å². The Balaban J connectivity index is 2.01. The molecule has 0 aliphatic rings. The smallest absolute Gasteiger partial charge is 0.335 e. The van der Waals surface area contributed by atoms with Crippen molar-refractivity contribution in [2.45, 2.75) is 45.1 Å². The second kappa shape index (κ2) is 9.89. The van der Waals surface area contributed by atoms with Gasteiger partial charge in [-0.2, -0.15) is 0 Å². The van der Waals surface area contributed by atoms with Gasteiger partial charge in [-0.25, -0.2) is 4.79 Å². The highest BCUT2D eigenvalue weighted by atomic mass is 16.5. The summed E-state index contributed by atoms with van der Waals surface area (Å²) in [6, 6.07) is 17.3. The van der Waals surface area contributed by atoms with Crippen molar-refractivity contribution in [1.29, 1.82) is 0 Å². The standard InChI is InChI=1S/C21H26O3/c1-2-3-4-8-15-24-20(18-9-6-5-7-10-18)16-17-11-13-19(14-12-17)21(22)23/h5-7,9-14,20H,2-4,8,15-16H2,1H3,(H,22,23). The molecule has 0 amide bonds. The monoisotopic (exact) mass is 326 g/mol. The van der Waals surface area contributed by atoms with Crippen LogP contribution in [0.5, 0.6) is 0 Å². The molecule has 0 aliphatic carbocycles. The van der Waals surface area contributed by atoms with Gasteiger partial charge in [0.2, 0.25) is 0 Å². The Labute approximate surface area is 144 Å². The molecule has 3 heteroatoms. The minimum Gasteiger partial charge on any atom is -0.478 e. The predicted octanol–water partition coefficient (Wildman–Crippen LogP) is 5.27. The van der Waals surface area contributed by atoms with E-state index in [2.05, 4.69) is 19.1 Å². The van der Waals surface area contributed by atoms with Gasteiger partial charge in [-0.1, -0.05) is 68.7 Å². The van der Waals surface area contributed by atoms with Crippen molar-refractivity contribution < 1.29 is 14.6 Å². The summed E-state index contributed by atoms with van der Waals surface area (Å²) in [5.74, 6) is -0.895. The van der Waals surface area contributed by atoms with Gasteiger partial charge in [-0.05, 0) is 29.7 Å². The number of benzene rings is 2. The third kappa shape index (κ3) is 5.82. The Morgan fingerprint density at radius 1 is 1.00 bits per heavy atom. The molecule has 2 rings (SSSR count). The number of aromatic carboxylic acids is 1. The highest BCUT2D eigenvalue weighted by Gasteiger charge is 2.13. The fourth-order valence-electron chi connectivity index (χ4n) is 2.69. The first-order chi connectivity index (χ1) is 11.7. The van der Waals surface area contributed by atoms with Gasteiger partial charge in [0.05, 0.1) is 11.7 Å². The second-order valence-electron chi connectivity index (χ2n) is 6.04. The van der Waals surface area contributed by atoms with E-state index < -0.39 is 5.97 Å². The third-order valence-electron chi connectivity index (χ3n) is 4.11. The Hall–Kier alpha value is -2.13. The molecule has 0 fully saturated rings. The van der Waals surface area contributed by atoms with Crippen LogP contribution < -0.4 is 0 Å². The molecule has 2 aromatic carbocycles. The average molecular weight is 326 g/mol. The van der Waals surface area contributed by atoms with Crippen LogP contribution in [0.15, 0.2) is 54.6 Å². The maximum Gasteiger partial charge on any atom is 0.335 e. The molecule has 1 N–H and O–H groups in total. The summed E-state index contributed by atoms with van der Waals surface area (Å²) in [4.78, 5) is 11.0. The summed E-state index contributed by atoms with van der Waals surface area (Å²) in [7, 11) is 0. The van der Waals surface area contributed by atoms with Crippen LogP contribution >= 0.6 is 0 Å². The van der Waals surface area contributed by atoms with Crippen molar-refractivity contribution in [3.05, 3.63) is 71.3 Å². The zero-order valence-electron chi connectivity index (χ0n) is 14.3. The Morgan fingerprint density at radius 3 is 2.33 bits per heavy atom. The van der Waals surface area contributed by atoms with E-state index >= 15 is 0 Å². The van der Waals surface area contributed by atoms with Crippen LogP contribution in [0.4, 0.5) is 0 Å². The van der Waals surface area contributed by atoms with Crippen molar-refractivity contribution in [1.82, 2.24) is 0 Å². The lowest BCUT2D eigenvalue weighted by molar-refractivity contribution is 0.0501. The topological polar surface area (TPSA) is 46.5 Å². The number of carbonyl (C=O) groups is 1. The molecule has 0 spiro atoms. The molecule has 0 heterocycles. The van der Waals surface area contributed by atoms with E-state index in [1.54, 1.807) is 12.1 Å². The van der Waals surface area contributed by atoms with E-state index in [0.717, 1.165) is 30.6 Å². The van der Waals surface area contributed by atoms with Crippen molar-refractivity contribution in [2.75, 3.05) is 6.61 Å². The largest absolute Gasteiger partial charge is 0.478 e. The van der Waals surface area contributed by atoms with E-state index in [0.29, 0.717) is 5.56 Å². The first-order valence-corrected chi connectivity index (χ1v) is 8.69. The minimum atomic E-state index is -0.895. The quantitative estimate of drug-likeness (QED) is 0.605. The first-order valence-electron chi connectivity index (χ1n) is 8.69. The van der Waals surface area contributed by atoms with Gasteiger partial charge < -0.3 is 9.84 Å². The normalized spacial score (nSPS) is 12.0. The molecule has 0 aliphatic heterocycles. The highest BCUT2D eigenvalue weighted by Crippen LogP contribution is 2.23. The molecule has 0 bridgehead atoms. The Bertz CT molecular complexity index is 605. The summed E-state index contributed by atoms with van der Waals surface area (Å²) < 4.78 is 6.14. The van der Waals surface area contributed by atoms with Crippen LogP contribution in [0.1, 0.15) is 60.2 Å². The molecule has 128 valence electrons. The van der Waals surface area contributed by atoms with Gasteiger partial charge in [0.25, 0.3) is 0 Å². The van der Waals surface area contributed by atoms with Crippen LogP contribution in [0, 0.1) is 0 Å². The molecule has 0 radical (unpaired) electrons. The molecular formula is C21H26O3. The van der Waals surface area contributed by atoms with Crippen LogP contribution in [0.2, 0.25) is 0 Å². The SMILES string of the molecule is CCCCCCOC(Cc1ccc(C(=O)O)cc1)c1ccccc1. The highest BCUT2D eigenvalue weighted by molar-refractivity contribution is 5.87. The Morgan fingerprint density at radius 2 is 1.71 bits per heavy atom. The second-order valence-corrected chi connectivity index (χ2v) is 6.04. The summed E-state index contributed by atoms with van der Waals surface area (Å²) in [6.07, 6.45) is 5.50. The van der Waals surface area contributed by atoms with Crippen LogP contribution in [-0.2, 0) is 11.2 Å². The maximum absolute atomic E-state index is 11.0. The predicted molar refractivity (Wildman–Crippen MR) is 96.4 cm³/mol. The lowest BCUT2D eigenvalue weighted by atomic mass is 10.0. The number of carboxylic acids is 1. The first kappa shape index (κ1) is 18.2. The molecule has 1 unspecified atom stereocenters. The van der Waals surface area contributed by atoms with Crippen molar-refractivity contribution in [2.24, 2.45) is 0 Å². The number of hydrogen-bond donors (Lipinski definition) is 1. The van der Waals surface area contributed by atoms with E-state index in [4.69, 9.17) is 9.84 Å². The molecule has 1 atom stereocenters. The van der Waals surface area contributed by atoms with E-state index in [9.17, 15) is 4.79 Å². The summed E-state index contributed by atoms with van der Waals surface area (Å²) >= 11 is 0. The zero-order chi connectivity index (χ0) is 17.2. The molecule has 0 saturated heterocycles. The van der Waals surface area contributed by atoms with Gasteiger partial charge in [0.1, 0.15) is 0 Å². The van der Waals surface area contributed by atoms with Gasteiger partial charge in [-0.3, -0.25) is 0 Å². The fourth-order valence-corrected chi connectivity index (χ4v) is 2.69. The van der Waals surface area contributed by atoms with E-state index in [-0.39, 0.29) is 6.10 Å². The Kier molecular flexibility index (Phi) is 7.50. The fraction of sp³-hybridized carbons (Fsp3) is 0.381. The summed E-state index contributed by atoms with van der Waals surface area (Å²) in [5, 5.41) is 9.00. The van der Waals surface area contributed by atoms with E-state index in [1.807, 2.05) is 30.3 Å². The van der Waals surface area contributed by atoms with Gasteiger partial charge >= 0.3 is 5.97 Å². The van der Waals surface area contributed by atoms with Gasteiger partial charge in [0.15, 0.2) is 0 Å². The summed E-state index contributed by atoms with van der Waals surface area (Å²) in [5.41, 5.74) is 2.56. The third-order valence-corrected chi connectivity index (χ3v) is 4.11. The number of carboxylic acid groups (broad SMARTS) is 1. The maximum atomic E-state index is 11.0. The lowest BCUT2D eigenvalue weighted by Gasteiger charge is -2.19. The number of ether oxygens (including phenoxy) is 1. The lowest BCUT2D eigenvalue weighted by Crippen LogP contribution is -2.09. The zero-order valence-corrected chi connectivity index (χ0v) is 14.3. The number of unbranched alkanes of at least 4 members (excludes halogenated alkanes) is 3. The van der Waals surface area contributed by atoms with Crippen molar-refractivity contribution >= 4 is 5.97 Å². The number of rotatable bonds is 10. The molecule has 3 nitrogen and oxygen atoms in total. The van der Waals surface area contributed by atoms with Crippen LogP contribution in [0.25, 0.3) is 0 Å². The molecule has 24 heavy (non-hydrogen) atoms.